The first-order valence-electron chi connectivity index (χ1n) is 10.6. The average Bonchev–Trinajstić information content (AvgIpc) is 3.42. The largest absolute Gasteiger partial charge is 0.376 e. The van der Waals surface area contributed by atoms with Crippen molar-refractivity contribution in [2.24, 2.45) is 4.99 Å². The van der Waals surface area contributed by atoms with Crippen molar-refractivity contribution in [2.45, 2.75) is 32.4 Å². The number of carbonyl (C=O) groups is 2. The van der Waals surface area contributed by atoms with Crippen LogP contribution in [0.4, 0.5) is 0 Å². The van der Waals surface area contributed by atoms with Crippen LogP contribution in [0.25, 0.3) is 0 Å². The number of thiazole rings is 1. The molecule has 0 saturated carbocycles. The molecule has 1 saturated heterocycles. The zero-order valence-electron chi connectivity index (χ0n) is 18.0. The van der Waals surface area contributed by atoms with Gasteiger partial charge in [0.25, 0.3) is 11.8 Å². The smallest absolute Gasteiger partial charge is 0.281 e. The number of aromatic nitrogens is 1. The van der Waals surface area contributed by atoms with E-state index in [4.69, 9.17) is 27.9 Å². The second-order valence-electron chi connectivity index (χ2n) is 7.84. The molecule has 1 aliphatic heterocycles. The topological polar surface area (TPSA) is 72.7 Å². The number of amides is 2. The summed E-state index contributed by atoms with van der Waals surface area (Å²) in [4.78, 5) is 31.0. The van der Waals surface area contributed by atoms with Gasteiger partial charge in [-0.2, -0.15) is 4.99 Å². The molecule has 4 rings (SSSR count). The van der Waals surface area contributed by atoms with E-state index in [0.29, 0.717) is 34.0 Å². The maximum atomic E-state index is 12.7. The number of benzene rings is 2. The van der Waals surface area contributed by atoms with Crippen molar-refractivity contribution in [1.82, 2.24) is 9.88 Å². The molecule has 0 radical (unpaired) electrons. The van der Waals surface area contributed by atoms with E-state index in [0.717, 1.165) is 29.9 Å². The van der Waals surface area contributed by atoms with Crippen molar-refractivity contribution < 1.29 is 14.3 Å². The first kappa shape index (κ1) is 23.7. The summed E-state index contributed by atoms with van der Waals surface area (Å²) in [5, 5.41) is 3.66. The highest BCUT2D eigenvalue weighted by molar-refractivity contribution is 7.09. The Balaban J connectivity index is 1.46. The highest BCUT2D eigenvalue weighted by Gasteiger charge is 2.17. The Bertz CT molecular complexity index is 1230. The van der Waals surface area contributed by atoms with Gasteiger partial charge in [0.15, 0.2) is 4.80 Å². The second kappa shape index (κ2) is 10.7. The molecule has 1 fully saturated rings. The van der Waals surface area contributed by atoms with Gasteiger partial charge < -0.3 is 14.6 Å². The van der Waals surface area contributed by atoms with Crippen LogP contribution in [0.15, 0.2) is 53.7 Å². The minimum atomic E-state index is -0.425. The van der Waals surface area contributed by atoms with E-state index < -0.39 is 5.91 Å². The number of hydrogen-bond donors (Lipinski definition) is 1. The lowest BCUT2D eigenvalue weighted by molar-refractivity contribution is 0.0857. The van der Waals surface area contributed by atoms with Gasteiger partial charge in [0, 0.05) is 41.4 Å². The Labute approximate surface area is 205 Å². The predicted molar refractivity (Wildman–Crippen MR) is 130 cm³/mol. The lowest BCUT2D eigenvalue weighted by atomic mass is 10.1. The molecular formula is C24H23Cl2N3O3S. The Morgan fingerprint density at radius 3 is 2.70 bits per heavy atom. The molecule has 172 valence electrons. The molecule has 33 heavy (non-hydrogen) atoms. The minimum Gasteiger partial charge on any atom is -0.376 e. The van der Waals surface area contributed by atoms with Crippen LogP contribution in [0.3, 0.4) is 0 Å². The summed E-state index contributed by atoms with van der Waals surface area (Å²) in [7, 11) is 0. The fourth-order valence-corrected chi connectivity index (χ4v) is 4.91. The van der Waals surface area contributed by atoms with Gasteiger partial charge in [-0.25, -0.2) is 0 Å². The molecule has 2 amide bonds. The van der Waals surface area contributed by atoms with Gasteiger partial charge in [0.1, 0.15) is 0 Å². The van der Waals surface area contributed by atoms with E-state index in [1.165, 1.54) is 17.4 Å². The lowest BCUT2D eigenvalue weighted by Crippen LogP contribution is -2.31. The summed E-state index contributed by atoms with van der Waals surface area (Å²) in [5.74, 6) is -0.539. The molecule has 0 bridgehead atoms. The fourth-order valence-electron chi connectivity index (χ4n) is 3.59. The van der Waals surface area contributed by atoms with Crippen LogP contribution in [-0.4, -0.2) is 35.6 Å². The number of carbonyl (C=O) groups excluding carboxylic acids is 2. The van der Waals surface area contributed by atoms with Gasteiger partial charge in [-0.3, -0.25) is 9.59 Å². The van der Waals surface area contributed by atoms with E-state index in [1.807, 2.05) is 29.8 Å². The molecule has 1 N–H and O–H groups in total. The van der Waals surface area contributed by atoms with Crippen LogP contribution in [0, 0.1) is 6.92 Å². The maximum absolute atomic E-state index is 12.7. The number of ether oxygens (including phenoxy) is 1. The van der Waals surface area contributed by atoms with E-state index >= 15 is 0 Å². The van der Waals surface area contributed by atoms with Crippen molar-refractivity contribution in [3.63, 3.8) is 0 Å². The van der Waals surface area contributed by atoms with Gasteiger partial charge in [-0.1, -0.05) is 35.3 Å². The molecular weight excluding hydrogens is 481 g/mol. The Kier molecular flexibility index (Phi) is 7.65. The number of halogens is 2. The third-order valence-electron chi connectivity index (χ3n) is 5.28. The maximum Gasteiger partial charge on any atom is 0.281 e. The predicted octanol–water partition coefficient (Wildman–Crippen LogP) is 4.86. The third kappa shape index (κ3) is 6.12. The first-order chi connectivity index (χ1) is 15.9. The van der Waals surface area contributed by atoms with Crippen molar-refractivity contribution in [3.05, 3.63) is 85.1 Å². The summed E-state index contributed by atoms with van der Waals surface area (Å²) in [6.45, 7) is 3.77. The summed E-state index contributed by atoms with van der Waals surface area (Å²) in [6, 6.07) is 12.1. The van der Waals surface area contributed by atoms with Crippen molar-refractivity contribution in [2.75, 3.05) is 13.2 Å². The summed E-state index contributed by atoms with van der Waals surface area (Å²) < 4.78 is 7.45. The van der Waals surface area contributed by atoms with Crippen LogP contribution in [-0.2, 0) is 11.3 Å². The molecule has 2 heterocycles. The molecule has 0 aliphatic carbocycles. The van der Waals surface area contributed by atoms with E-state index in [1.54, 1.807) is 24.3 Å². The molecule has 1 aliphatic rings. The molecule has 6 nitrogen and oxygen atoms in total. The quantitative estimate of drug-likeness (QED) is 0.521. The van der Waals surface area contributed by atoms with Gasteiger partial charge in [-0.15, -0.1) is 11.3 Å². The van der Waals surface area contributed by atoms with Crippen molar-refractivity contribution in [1.29, 1.82) is 0 Å². The van der Waals surface area contributed by atoms with Gasteiger partial charge in [0.2, 0.25) is 0 Å². The molecule has 2 aromatic carbocycles. The molecule has 9 heteroatoms. The highest BCUT2D eigenvalue weighted by atomic mass is 35.5. The second-order valence-corrected chi connectivity index (χ2v) is 9.89. The van der Waals surface area contributed by atoms with Crippen molar-refractivity contribution >= 4 is 46.4 Å². The molecule has 3 aromatic rings. The highest BCUT2D eigenvalue weighted by Crippen LogP contribution is 2.21. The van der Waals surface area contributed by atoms with E-state index in [2.05, 4.69) is 10.3 Å². The molecule has 1 aromatic heterocycles. The minimum absolute atomic E-state index is 0.110. The van der Waals surface area contributed by atoms with Crippen LogP contribution in [0.2, 0.25) is 10.0 Å². The van der Waals surface area contributed by atoms with Crippen LogP contribution >= 0.6 is 34.5 Å². The average molecular weight is 504 g/mol. The van der Waals surface area contributed by atoms with Crippen LogP contribution in [0.5, 0.6) is 0 Å². The fraction of sp³-hybridized carbons (Fsp3) is 0.292. The number of aryl methyl sites for hydroxylation is 1. The lowest BCUT2D eigenvalue weighted by Gasteiger charge is -2.11. The van der Waals surface area contributed by atoms with Crippen molar-refractivity contribution in [3.8, 4) is 0 Å². The molecule has 1 atom stereocenters. The van der Waals surface area contributed by atoms with E-state index in [-0.39, 0.29) is 17.0 Å². The molecule has 0 spiro atoms. The van der Waals surface area contributed by atoms with Crippen LogP contribution in [0.1, 0.15) is 44.0 Å². The zero-order chi connectivity index (χ0) is 23.4. The normalized spacial score (nSPS) is 16.2. The van der Waals surface area contributed by atoms with E-state index in [9.17, 15) is 9.59 Å². The van der Waals surface area contributed by atoms with Gasteiger partial charge in [-0.05, 0) is 55.7 Å². The summed E-state index contributed by atoms with van der Waals surface area (Å²) in [5.41, 5.74) is 1.89. The number of rotatable bonds is 6. The Hall–Kier alpha value is -2.45. The number of nitrogens with zero attached hydrogens (tertiary/aromatic N) is 2. The third-order valence-corrected chi connectivity index (χ3v) is 6.76. The Morgan fingerprint density at radius 2 is 2.00 bits per heavy atom. The Morgan fingerprint density at radius 1 is 1.21 bits per heavy atom. The van der Waals surface area contributed by atoms with Gasteiger partial charge in [0.05, 0.1) is 16.7 Å². The monoisotopic (exact) mass is 503 g/mol. The first-order valence-corrected chi connectivity index (χ1v) is 12.2. The SMILES string of the molecule is Cc1cn(Cc2ccc(C(=O)NC[C@@H]3CCCO3)cc2)c(=NC(=O)c2ccc(Cl)cc2Cl)s1. The molecule has 0 unspecified atom stereocenters. The summed E-state index contributed by atoms with van der Waals surface area (Å²) >= 11 is 13.5. The zero-order valence-corrected chi connectivity index (χ0v) is 20.3. The number of nitrogens with one attached hydrogen (secondary N) is 1. The number of hydrogen-bond acceptors (Lipinski definition) is 4. The van der Waals surface area contributed by atoms with Gasteiger partial charge >= 0.3 is 0 Å². The van der Waals surface area contributed by atoms with Crippen LogP contribution < -0.4 is 10.1 Å². The summed E-state index contributed by atoms with van der Waals surface area (Å²) in [6.07, 6.45) is 4.08. The standard InChI is InChI=1S/C24H23Cl2N3O3S/c1-15-13-29(24(33-15)28-23(31)20-9-8-18(25)11-21(20)26)14-16-4-6-17(7-5-16)22(30)27-12-19-3-2-10-32-19/h4-9,11,13,19H,2-3,10,12,14H2,1H3,(H,27,30)/t19-/m0/s1.